The minimum absolute atomic E-state index is 0.156. The molecule has 0 saturated heterocycles. The van der Waals surface area contributed by atoms with E-state index in [-0.39, 0.29) is 5.56 Å². The minimum Gasteiger partial charge on any atom is -0.497 e. The van der Waals surface area contributed by atoms with Crippen LogP contribution in [0.5, 0.6) is 5.75 Å². The van der Waals surface area contributed by atoms with E-state index in [2.05, 4.69) is 15.2 Å². The van der Waals surface area contributed by atoms with E-state index in [4.69, 9.17) is 4.74 Å². The second-order valence-corrected chi connectivity index (χ2v) is 5.27. The van der Waals surface area contributed by atoms with Crippen LogP contribution in [-0.2, 0) is 6.42 Å². The summed E-state index contributed by atoms with van der Waals surface area (Å²) in [5, 5.41) is 8.95. The summed E-state index contributed by atoms with van der Waals surface area (Å²) >= 11 is 0. The lowest BCUT2D eigenvalue weighted by Gasteiger charge is -2.05. The van der Waals surface area contributed by atoms with Gasteiger partial charge in [0.1, 0.15) is 11.6 Å². The molecule has 4 rings (SSSR count). The lowest BCUT2D eigenvalue weighted by molar-refractivity contribution is 0.414. The van der Waals surface area contributed by atoms with E-state index in [0.29, 0.717) is 17.6 Å². The van der Waals surface area contributed by atoms with Gasteiger partial charge >= 0.3 is 0 Å². The fourth-order valence-corrected chi connectivity index (χ4v) is 2.72. The Morgan fingerprint density at radius 2 is 1.87 bits per heavy atom. The van der Waals surface area contributed by atoms with E-state index >= 15 is 0 Å². The highest BCUT2D eigenvalue weighted by molar-refractivity contribution is 5.80. The van der Waals surface area contributed by atoms with Crippen molar-refractivity contribution in [1.29, 1.82) is 0 Å². The van der Waals surface area contributed by atoms with Gasteiger partial charge in [-0.2, -0.15) is 0 Å². The SMILES string of the molecule is COc1ccc(Cc2nnc3[nH]c(=O)c4ccccc4n23)cc1. The van der Waals surface area contributed by atoms with Gasteiger partial charge in [-0.15, -0.1) is 10.2 Å². The summed E-state index contributed by atoms with van der Waals surface area (Å²) in [6, 6.07) is 15.3. The molecule has 0 spiro atoms. The molecular formula is C17H14N4O2. The zero-order chi connectivity index (χ0) is 15.8. The maximum atomic E-state index is 12.1. The molecule has 114 valence electrons. The van der Waals surface area contributed by atoms with Crippen LogP contribution in [-0.4, -0.2) is 26.7 Å². The van der Waals surface area contributed by atoms with Crippen molar-refractivity contribution in [2.45, 2.75) is 6.42 Å². The largest absolute Gasteiger partial charge is 0.497 e. The lowest BCUT2D eigenvalue weighted by atomic mass is 10.1. The summed E-state index contributed by atoms with van der Waals surface area (Å²) < 4.78 is 7.06. The quantitative estimate of drug-likeness (QED) is 0.629. The molecule has 6 nitrogen and oxygen atoms in total. The van der Waals surface area contributed by atoms with Crippen molar-refractivity contribution in [3.63, 3.8) is 0 Å². The van der Waals surface area contributed by atoms with Gasteiger partial charge in [0.05, 0.1) is 18.0 Å². The molecule has 0 amide bonds. The molecule has 23 heavy (non-hydrogen) atoms. The molecule has 2 aromatic heterocycles. The highest BCUT2D eigenvalue weighted by Gasteiger charge is 2.12. The first-order valence-electron chi connectivity index (χ1n) is 7.24. The second-order valence-electron chi connectivity index (χ2n) is 5.27. The highest BCUT2D eigenvalue weighted by Crippen LogP contribution is 2.17. The molecule has 4 aromatic rings. The van der Waals surface area contributed by atoms with E-state index in [1.165, 1.54) is 0 Å². The van der Waals surface area contributed by atoms with Crippen LogP contribution in [0, 0.1) is 0 Å². The molecule has 2 aromatic carbocycles. The number of fused-ring (bicyclic) bond motifs is 3. The molecule has 0 radical (unpaired) electrons. The van der Waals surface area contributed by atoms with Gasteiger partial charge in [0, 0.05) is 6.42 Å². The molecule has 6 heteroatoms. The minimum atomic E-state index is -0.156. The number of aromatic amines is 1. The number of para-hydroxylation sites is 1. The van der Waals surface area contributed by atoms with Gasteiger partial charge < -0.3 is 4.74 Å². The van der Waals surface area contributed by atoms with Crippen molar-refractivity contribution >= 4 is 16.7 Å². The van der Waals surface area contributed by atoms with Gasteiger partial charge in [-0.1, -0.05) is 24.3 Å². The Morgan fingerprint density at radius 1 is 1.09 bits per heavy atom. The Bertz CT molecular complexity index is 1050. The van der Waals surface area contributed by atoms with E-state index in [1.807, 2.05) is 46.9 Å². The Morgan fingerprint density at radius 3 is 2.65 bits per heavy atom. The topological polar surface area (TPSA) is 72.3 Å². The number of aromatic nitrogens is 4. The van der Waals surface area contributed by atoms with Gasteiger partial charge in [-0.05, 0) is 29.8 Å². The van der Waals surface area contributed by atoms with E-state index in [9.17, 15) is 4.79 Å². The average Bonchev–Trinajstić information content (AvgIpc) is 2.98. The maximum Gasteiger partial charge on any atom is 0.260 e. The number of benzene rings is 2. The summed E-state index contributed by atoms with van der Waals surface area (Å²) in [4.78, 5) is 14.9. The number of nitrogens with one attached hydrogen (secondary N) is 1. The summed E-state index contributed by atoms with van der Waals surface area (Å²) in [6.45, 7) is 0. The Balaban J connectivity index is 1.87. The molecule has 0 aliphatic carbocycles. The third-order valence-corrected chi connectivity index (χ3v) is 3.87. The van der Waals surface area contributed by atoms with Crippen LogP contribution in [0.2, 0.25) is 0 Å². The van der Waals surface area contributed by atoms with Crippen LogP contribution in [0.25, 0.3) is 16.7 Å². The smallest absolute Gasteiger partial charge is 0.260 e. The van der Waals surface area contributed by atoms with Gasteiger partial charge in [0.2, 0.25) is 5.78 Å². The zero-order valence-electron chi connectivity index (χ0n) is 12.5. The number of methoxy groups -OCH3 is 1. The van der Waals surface area contributed by atoms with Crippen molar-refractivity contribution in [3.8, 4) is 5.75 Å². The van der Waals surface area contributed by atoms with Crippen LogP contribution < -0.4 is 10.3 Å². The van der Waals surface area contributed by atoms with Crippen molar-refractivity contribution < 1.29 is 4.74 Å². The van der Waals surface area contributed by atoms with Crippen LogP contribution in [0.15, 0.2) is 53.3 Å². The third-order valence-electron chi connectivity index (χ3n) is 3.87. The van der Waals surface area contributed by atoms with Gasteiger partial charge in [0.15, 0.2) is 0 Å². The first-order valence-corrected chi connectivity index (χ1v) is 7.24. The monoisotopic (exact) mass is 306 g/mol. The molecular weight excluding hydrogens is 292 g/mol. The van der Waals surface area contributed by atoms with Crippen molar-refractivity contribution in [2.75, 3.05) is 7.11 Å². The summed E-state index contributed by atoms with van der Waals surface area (Å²) in [7, 11) is 1.64. The van der Waals surface area contributed by atoms with Crippen LogP contribution in [0.3, 0.4) is 0 Å². The van der Waals surface area contributed by atoms with E-state index < -0.39 is 0 Å². The van der Waals surface area contributed by atoms with Crippen molar-refractivity contribution in [3.05, 3.63) is 70.3 Å². The molecule has 0 bridgehead atoms. The fourth-order valence-electron chi connectivity index (χ4n) is 2.72. The highest BCUT2D eigenvalue weighted by atomic mass is 16.5. The number of ether oxygens (including phenoxy) is 1. The second kappa shape index (κ2) is 5.24. The molecule has 1 N–H and O–H groups in total. The molecule has 0 aliphatic rings. The van der Waals surface area contributed by atoms with Gasteiger partial charge in [-0.25, -0.2) is 0 Å². The van der Waals surface area contributed by atoms with Crippen molar-refractivity contribution in [2.24, 2.45) is 0 Å². The molecule has 0 fully saturated rings. The molecule has 0 saturated carbocycles. The number of H-pyrrole nitrogens is 1. The third kappa shape index (κ3) is 2.24. The summed E-state index contributed by atoms with van der Waals surface area (Å²) in [5.41, 5.74) is 1.74. The number of nitrogens with zero attached hydrogens (tertiary/aromatic N) is 3. The zero-order valence-corrected chi connectivity index (χ0v) is 12.5. The predicted molar refractivity (Wildman–Crippen MR) is 86.9 cm³/mol. The predicted octanol–water partition coefficient (Wildman–Crippen LogP) is 2.17. The molecule has 0 unspecified atom stereocenters. The number of hydrogen-bond donors (Lipinski definition) is 1. The Kier molecular flexibility index (Phi) is 3.08. The van der Waals surface area contributed by atoms with Crippen LogP contribution >= 0.6 is 0 Å². The first kappa shape index (κ1) is 13.5. The van der Waals surface area contributed by atoms with Gasteiger partial charge in [-0.3, -0.25) is 14.2 Å². The van der Waals surface area contributed by atoms with Crippen LogP contribution in [0.1, 0.15) is 11.4 Å². The van der Waals surface area contributed by atoms with Crippen LogP contribution in [0.4, 0.5) is 0 Å². The van der Waals surface area contributed by atoms with Crippen molar-refractivity contribution in [1.82, 2.24) is 19.6 Å². The maximum absolute atomic E-state index is 12.1. The first-order chi connectivity index (χ1) is 11.3. The molecule has 0 atom stereocenters. The average molecular weight is 306 g/mol. The lowest BCUT2D eigenvalue weighted by Crippen LogP contribution is -2.10. The standard InChI is InChI=1S/C17H14N4O2/c1-23-12-8-6-11(7-9-12)10-15-19-20-17-18-16(22)13-4-2-3-5-14(13)21(15)17/h2-9H,10H2,1H3,(H,18,20,22). The normalized spacial score (nSPS) is 11.2. The number of hydrogen-bond acceptors (Lipinski definition) is 4. The van der Waals surface area contributed by atoms with Gasteiger partial charge in [0.25, 0.3) is 5.56 Å². The summed E-state index contributed by atoms with van der Waals surface area (Å²) in [5.74, 6) is 2.05. The van der Waals surface area contributed by atoms with E-state index in [0.717, 1.165) is 22.7 Å². The Hall–Kier alpha value is -3.15. The molecule has 0 aliphatic heterocycles. The van der Waals surface area contributed by atoms with E-state index in [1.54, 1.807) is 13.2 Å². The Labute approximate surface area is 131 Å². The molecule has 2 heterocycles. The number of rotatable bonds is 3. The fraction of sp³-hybridized carbons (Fsp3) is 0.118. The summed E-state index contributed by atoms with van der Waals surface area (Å²) in [6.07, 6.45) is 0.612.